The number of hydrogen-bond donors (Lipinski definition) is 0. The van der Waals surface area contributed by atoms with Gasteiger partial charge in [-0.25, -0.2) is 9.97 Å². The molecule has 0 aliphatic carbocycles. The molecule has 3 nitrogen and oxygen atoms in total. The highest BCUT2D eigenvalue weighted by atomic mass is 79.9. The van der Waals surface area contributed by atoms with Gasteiger partial charge < -0.3 is 4.74 Å². The van der Waals surface area contributed by atoms with E-state index in [1.165, 1.54) is 12.4 Å². The van der Waals surface area contributed by atoms with Crippen molar-refractivity contribution in [1.82, 2.24) is 9.97 Å². The van der Waals surface area contributed by atoms with Crippen LogP contribution in [0.4, 0.5) is 0 Å². The van der Waals surface area contributed by atoms with E-state index in [0.29, 0.717) is 5.75 Å². The largest absolute Gasteiger partial charge is 0.454 e. The molecular formula is C10H6BrClN2O. The number of ether oxygens (including phenoxy) is 1. The molecule has 2 rings (SSSR count). The maximum atomic E-state index is 5.55. The van der Waals surface area contributed by atoms with Crippen molar-refractivity contribution in [3.8, 4) is 11.5 Å². The molecule has 0 spiro atoms. The summed E-state index contributed by atoms with van der Waals surface area (Å²) in [6.07, 6.45) is 3.05. The second-order valence-corrected chi connectivity index (χ2v) is 4.00. The monoisotopic (exact) mass is 284 g/mol. The topological polar surface area (TPSA) is 35.0 Å². The maximum Gasteiger partial charge on any atom is 0.222 e. The third kappa shape index (κ3) is 2.91. The zero-order chi connectivity index (χ0) is 10.7. The van der Waals surface area contributed by atoms with Crippen molar-refractivity contribution in [2.75, 3.05) is 0 Å². The number of benzene rings is 1. The fourth-order valence-electron chi connectivity index (χ4n) is 0.992. The van der Waals surface area contributed by atoms with Crippen LogP contribution in [0.15, 0.2) is 41.1 Å². The first kappa shape index (κ1) is 10.4. The fourth-order valence-corrected chi connectivity index (χ4v) is 1.35. The SMILES string of the molecule is Clc1ncc(Oc2ccc(Br)cc2)cn1. The van der Waals surface area contributed by atoms with Gasteiger partial charge in [-0.15, -0.1) is 0 Å². The Morgan fingerprint density at radius 3 is 2.20 bits per heavy atom. The molecule has 0 aliphatic rings. The van der Waals surface area contributed by atoms with E-state index < -0.39 is 0 Å². The molecule has 0 fully saturated rings. The summed E-state index contributed by atoms with van der Waals surface area (Å²) in [5.74, 6) is 1.28. The van der Waals surface area contributed by atoms with Gasteiger partial charge in [0.15, 0.2) is 5.75 Å². The van der Waals surface area contributed by atoms with Crippen molar-refractivity contribution in [2.45, 2.75) is 0 Å². The predicted octanol–water partition coefficient (Wildman–Crippen LogP) is 3.68. The lowest BCUT2D eigenvalue weighted by Crippen LogP contribution is -1.87. The van der Waals surface area contributed by atoms with E-state index in [1.807, 2.05) is 24.3 Å². The molecule has 0 bridgehead atoms. The molecule has 0 saturated carbocycles. The third-order valence-electron chi connectivity index (χ3n) is 1.65. The second kappa shape index (κ2) is 4.59. The number of hydrogen-bond acceptors (Lipinski definition) is 3. The Balaban J connectivity index is 2.15. The quantitative estimate of drug-likeness (QED) is 0.789. The van der Waals surface area contributed by atoms with Gasteiger partial charge in [0.2, 0.25) is 5.28 Å². The van der Waals surface area contributed by atoms with Gasteiger partial charge in [0.25, 0.3) is 0 Å². The van der Waals surface area contributed by atoms with Crippen LogP contribution in [-0.4, -0.2) is 9.97 Å². The molecule has 0 saturated heterocycles. The van der Waals surface area contributed by atoms with Crippen molar-refractivity contribution < 1.29 is 4.74 Å². The molecule has 1 aromatic carbocycles. The van der Waals surface area contributed by atoms with Gasteiger partial charge in [0.05, 0.1) is 12.4 Å². The Hall–Kier alpha value is -1.13. The summed E-state index contributed by atoms with van der Waals surface area (Å²) in [6.45, 7) is 0. The Kier molecular flexibility index (Phi) is 3.18. The van der Waals surface area contributed by atoms with Crippen LogP contribution in [0.1, 0.15) is 0 Å². The zero-order valence-corrected chi connectivity index (χ0v) is 9.86. The predicted molar refractivity (Wildman–Crippen MR) is 61.3 cm³/mol. The van der Waals surface area contributed by atoms with E-state index in [1.54, 1.807) is 0 Å². The number of aromatic nitrogens is 2. The van der Waals surface area contributed by atoms with Gasteiger partial charge in [-0.3, -0.25) is 0 Å². The van der Waals surface area contributed by atoms with Crippen LogP contribution in [0.5, 0.6) is 11.5 Å². The van der Waals surface area contributed by atoms with Crippen LogP contribution in [0, 0.1) is 0 Å². The first-order valence-electron chi connectivity index (χ1n) is 4.15. The van der Waals surface area contributed by atoms with E-state index in [4.69, 9.17) is 16.3 Å². The third-order valence-corrected chi connectivity index (χ3v) is 2.37. The zero-order valence-electron chi connectivity index (χ0n) is 7.52. The van der Waals surface area contributed by atoms with Gasteiger partial charge >= 0.3 is 0 Å². The lowest BCUT2D eigenvalue weighted by Gasteiger charge is -2.04. The molecule has 0 aliphatic heterocycles. The minimum atomic E-state index is 0.207. The molecular weight excluding hydrogens is 279 g/mol. The summed E-state index contributed by atoms with van der Waals surface area (Å²) >= 11 is 8.89. The van der Waals surface area contributed by atoms with Crippen LogP contribution < -0.4 is 4.74 Å². The fraction of sp³-hybridized carbons (Fsp3) is 0. The minimum absolute atomic E-state index is 0.207. The molecule has 1 heterocycles. The van der Waals surface area contributed by atoms with Crippen LogP contribution >= 0.6 is 27.5 Å². The number of nitrogens with zero attached hydrogens (tertiary/aromatic N) is 2. The van der Waals surface area contributed by atoms with Crippen molar-refractivity contribution in [2.24, 2.45) is 0 Å². The molecule has 0 unspecified atom stereocenters. The second-order valence-electron chi connectivity index (χ2n) is 2.74. The summed E-state index contributed by atoms with van der Waals surface area (Å²) in [5.41, 5.74) is 0. The van der Waals surface area contributed by atoms with E-state index in [-0.39, 0.29) is 5.28 Å². The molecule has 76 valence electrons. The molecule has 2 aromatic rings. The van der Waals surface area contributed by atoms with Crippen LogP contribution in [0.25, 0.3) is 0 Å². The first-order chi connectivity index (χ1) is 7.24. The van der Waals surface area contributed by atoms with Crippen molar-refractivity contribution in [3.05, 3.63) is 46.4 Å². The van der Waals surface area contributed by atoms with Crippen molar-refractivity contribution in [1.29, 1.82) is 0 Å². The summed E-state index contributed by atoms with van der Waals surface area (Å²) < 4.78 is 6.49. The van der Waals surface area contributed by atoms with Gasteiger partial charge in [0, 0.05) is 4.47 Å². The highest BCUT2D eigenvalue weighted by molar-refractivity contribution is 9.10. The molecule has 1 aromatic heterocycles. The molecule has 0 amide bonds. The van der Waals surface area contributed by atoms with E-state index in [2.05, 4.69) is 25.9 Å². The highest BCUT2D eigenvalue weighted by Gasteiger charge is 1.98. The molecule has 0 atom stereocenters. The smallest absolute Gasteiger partial charge is 0.222 e. The maximum absolute atomic E-state index is 5.55. The Bertz CT molecular complexity index is 400. The molecule has 0 N–H and O–H groups in total. The molecule has 5 heteroatoms. The van der Waals surface area contributed by atoms with Gasteiger partial charge in [-0.2, -0.15) is 0 Å². The van der Waals surface area contributed by atoms with Crippen LogP contribution in [0.2, 0.25) is 5.28 Å². The summed E-state index contributed by atoms with van der Waals surface area (Å²) in [5, 5.41) is 0.207. The van der Waals surface area contributed by atoms with Crippen LogP contribution in [-0.2, 0) is 0 Å². The Morgan fingerprint density at radius 2 is 1.60 bits per heavy atom. The number of rotatable bonds is 2. The minimum Gasteiger partial charge on any atom is -0.454 e. The van der Waals surface area contributed by atoms with Crippen molar-refractivity contribution >= 4 is 27.5 Å². The number of halogens is 2. The Labute approximate surface area is 100 Å². The van der Waals surface area contributed by atoms with E-state index >= 15 is 0 Å². The first-order valence-corrected chi connectivity index (χ1v) is 5.32. The normalized spacial score (nSPS) is 10.0. The van der Waals surface area contributed by atoms with Gasteiger partial charge in [-0.1, -0.05) is 15.9 Å². The van der Waals surface area contributed by atoms with E-state index in [0.717, 1.165) is 10.2 Å². The van der Waals surface area contributed by atoms with E-state index in [9.17, 15) is 0 Å². The summed E-state index contributed by atoms with van der Waals surface area (Å²) in [6, 6.07) is 7.48. The lowest BCUT2D eigenvalue weighted by molar-refractivity contribution is 0.477. The average Bonchev–Trinajstić information content (AvgIpc) is 2.25. The van der Waals surface area contributed by atoms with Gasteiger partial charge in [-0.05, 0) is 35.9 Å². The summed E-state index contributed by atoms with van der Waals surface area (Å²) in [4.78, 5) is 7.63. The lowest BCUT2D eigenvalue weighted by atomic mass is 10.3. The molecule has 0 radical (unpaired) electrons. The van der Waals surface area contributed by atoms with Crippen LogP contribution in [0.3, 0.4) is 0 Å². The summed E-state index contributed by atoms with van der Waals surface area (Å²) in [7, 11) is 0. The van der Waals surface area contributed by atoms with Gasteiger partial charge in [0.1, 0.15) is 5.75 Å². The molecule has 15 heavy (non-hydrogen) atoms. The van der Waals surface area contributed by atoms with Crippen molar-refractivity contribution in [3.63, 3.8) is 0 Å². The standard InChI is InChI=1S/C10H6BrClN2O/c11-7-1-3-8(4-2-7)15-9-5-13-10(12)14-6-9/h1-6H. The highest BCUT2D eigenvalue weighted by Crippen LogP contribution is 2.22. The Morgan fingerprint density at radius 1 is 1.00 bits per heavy atom. The average molecular weight is 286 g/mol.